The van der Waals surface area contributed by atoms with Crippen molar-refractivity contribution in [3.8, 4) is 0 Å². The van der Waals surface area contributed by atoms with Gasteiger partial charge in [-0.15, -0.1) is 0 Å². The Morgan fingerprint density at radius 2 is 2.27 bits per heavy atom. The number of hydrogen-bond acceptors (Lipinski definition) is 3. The van der Waals surface area contributed by atoms with Crippen molar-refractivity contribution >= 4 is 21.6 Å². The van der Waals surface area contributed by atoms with Gasteiger partial charge in [-0.1, -0.05) is 20.8 Å². The van der Waals surface area contributed by atoms with Crippen molar-refractivity contribution in [1.82, 2.24) is 10.2 Å². The molecule has 15 heavy (non-hydrogen) atoms. The highest BCUT2D eigenvalue weighted by Gasteiger charge is 2.15. The standard InChI is InChI=1S/C10H16BrN3O/c1-4-10(2,3)6-12-7-5-13-14-9(15)8(7)11/h5H,4,6H2,1-3H3,(H2,12,14,15). The Kier molecular flexibility index (Phi) is 3.90. The van der Waals surface area contributed by atoms with Crippen LogP contribution in [0.2, 0.25) is 0 Å². The quantitative estimate of drug-likeness (QED) is 0.886. The van der Waals surface area contributed by atoms with Gasteiger partial charge < -0.3 is 5.32 Å². The minimum absolute atomic E-state index is 0.210. The average Bonchev–Trinajstić information content (AvgIpc) is 2.20. The van der Waals surface area contributed by atoms with Crippen molar-refractivity contribution in [1.29, 1.82) is 0 Å². The van der Waals surface area contributed by atoms with Crippen LogP contribution in [0.15, 0.2) is 15.5 Å². The van der Waals surface area contributed by atoms with Gasteiger partial charge in [-0.25, -0.2) is 5.10 Å². The van der Waals surface area contributed by atoms with Gasteiger partial charge in [0.05, 0.1) is 11.9 Å². The van der Waals surface area contributed by atoms with E-state index in [4.69, 9.17) is 0 Å². The van der Waals surface area contributed by atoms with Crippen molar-refractivity contribution in [2.75, 3.05) is 11.9 Å². The second-order valence-electron chi connectivity index (χ2n) is 4.30. The van der Waals surface area contributed by atoms with Gasteiger partial charge in [0.2, 0.25) is 0 Å². The molecule has 1 rings (SSSR count). The zero-order valence-electron chi connectivity index (χ0n) is 9.22. The number of nitrogens with zero attached hydrogens (tertiary/aromatic N) is 1. The van der Waals surface area contributed by atoms with Gasteiger partial charge in [0.15, 0.2) is 0 Å². The normalized spacial score (nSPS) is 11.5. The minimum atomic E-state index is -0.214. The van der Waals surface area contributed by atoms with Crippen molar-refractivity contribution in [3.63, 3.8) is 0 Å². The Morgan fingerprint density at radius 1 is 1.60 bits per heavy atom. The van der Waals surface area contributed by atoms with E-state index in [2.05, 4.69) is 52.2 Å². The Balaban J connectivity index is 2.74. The highest BCUT2D eigenvalue weighted by Crippen LogP contribution is 2.22. The van der Waals surface area contributed by atoms with Gasteiger partial charge in [0.1, 0.15) is 4.47 Å². The molecule has 5 heteroatoms. The van der Waals surface area contributed by atoms with Crippen LogP contribution < -0.4 is 10.9 Å². The Morgan fingerprint density at radius 3 is 2.87 bits per heavy atom. The molecule has 0 aliphatic heterocycles. The molecule has 1 aromatic heterocycles. The van der Waals surface area contributed by atoms with Crippen LogP contribution in [0.25, 0.3) is 0 Å². The largest absolute Gasteiger partial charge is 0.382 e. The molecule has 1 aromatic rings. The maximum Gasteiger partial charge on any atom is 0.280 e. The van der Waals surface area contributed by atoms with Gasteiger partial charge in [0, 0.05) is 6.54 Å². The lowest BCUT2D eigenvalue weighted by molar-refractivity contribution is 0.377. The van der Waals surface area contributed by atoms with E-state index in [0.29, 0.717) is 4.47 Å². The predicted molar refractivity (Wildman–Crippen MR) is 65.1 cm³/mol. The van der Waals surface area contributed by atoms with Crippen LogP contribution in [-0.4, -0.2) is 16.7 Å². The summed E-state index contributed by atoms with van der Waals surface area (Å²) in [5.41, 5.74) is 0.733. The fraction of sp³-hybridized carbons (Fsp3) is 0.600. The molecule has 0 aliphatic carbocycles. The summed E-state index contributed by atoms with van der Waals surface area (Å²) in [5, 5.41) is 9.32. The molecule has 0 aromatic carbocycles. The zero-order chi connectivity index (χ0) is 11.5. The Hall–Kier alpha value is -0.840. The topological polar surface area (TPSA) is 57.8 Å². The van der Waals surface area contributed by atoms with E-state index in [0.717, 1.165) is 18.7 Å². The van der Waals surface area contributed by atoms with Gasteiger partial charge in [-0.05, 0) is 27.8 Å². The molecule has 0 saturated heterocycles. The van der Waals surface area contributed by atoms with E-state index in [1.165, 1.54) is 0 Å². The van der Waals surface area contributed by atoms with Gasteiger partial charge in [-0.2, -0.15) is 5.10 Å². The first-order valence-corrected chi connectivity index (χ1v) is 5.72. The molecular formula is C10H16BrN3O. The fourth-order valence-corrected chi connectivity index (χ4v) is 1.30. The smallest absolute Gasteiger partial charge is 0.280 e. The number of aromatic amines is 1. The van der Waals surface area contributed by atoms with Crippen molar-refractivity contribution in [3.05, 3.63) is 21.0 Å². The van der Waals surface area contributed by atoms with Crippen molar-refractivity contribution in [2.24, 2.45) is 5.41 Å². The molecular weight excluding hydrogens is 258 g/mol. The zero-order valence-corrected chi connectivity index (χ0v) is 10.8. The molecule has 0 atom stereocenters. The van der Waals surface area contributed by atoms with Crippen molar-refractivity contribution in [2.45, 2.75) is 27.2 Å². The number of aromatic nitrogens is 2. The maximum absolute atomic E-state index is 11.2. The van der Waals surface area contributed by atoms with Crippen molar-refractivity contribution < 1.29 is 0 Å². The lowest BCUT2D eigenvalue weighted by Crippen LogP contribution is -2.23. The lowest BCUT2D eigenvalue weighted by atomic mass is 9.90. The summed E-state index contributed by atoms with van der Waals surface area (Å²) < 4.78 is 0.504. The predicted octanol–water partition coefficient (Wildman–Crippen LogP) is 2.38. The summed E-state index contributed by atoms with van der Waals surface area (Å²) >= 11 is 3.22. The highest BCUT2D eigenvalue weighted by molar-refractivity contribution is 9.10. The molecule has 0 spiro atoms. The van der Waals surface area contributed by atoms with Crippen LogP contribution in [0.1, 0.15) is 27.2 Å². The number of anilines is 1. The van der Waals surface area contributed by atoms with E-state index in [9.17, 15) is 4.79 Å². The highest BCUT2D eigenvalue weighted by atomic mass is 79.9. The first-order valence-electron chi connectivity index (χ1n) is 4.93. The molecule has 0 radical (unpaired) electrons. The van der Waals surface area contributed by atoms with Crippen LogP contribution in [0, 0.1) is 5.41 Å². The van der Waals surface area contributed by atoms with Gasteiger partial charge in [0.25, 0.3) is 5.56 Å². The molecule has 0 amide bonds. The van der Waals surface area contributed by atoms with E-state index in [1.54, 1.807) is 6.20 Å². The average molecular weight is 274 g/mol. The summed E-state index contributed by atoms with van der Waals surface area (Å²) in [6, 6.07) is 0. The summed E-state index contributed by atoms with van der Waals surface area (Å²) in [4.78, 5) is 11.2. The van der Waals surface area contributed by atoms with E-state index >= 15 is 0 Å². The third-order valence-electron chi connectivity index (χ3n) is 2.51. The van der Waals surface area contributed by atoms with Crippen LogP contribution in [-0.2, 0) is 0 Å². The van der Waals surface area contributed by atoms with E-state index in [1.807, 2.05) is 0 Å². The molecule has 0 saturated carbocycles. The van der Waals surface area contributed by atoms with E-state index < -0.39 is 0 Å². The van der Waals surface area contributed by atoms with Crippen LogP contribution in [0.3, 0.4) is 0 Å². The number of nitrogens with one attached hydrogen (secondary N) is 2. The number of rotatable bonds is 4. The second kappa shape index (κ2) is 4.79. The number of halogens is 1. The summed E-state index contributed by atoms with van der Waals surface area (Å²) in [6.45, 7) is 7.31. The SMILES string of the molecule is CCC(C)(C)CNc1cn[nH]c(=O)c1Br. The molecule has 0 unspecified atom stereocenters. The second-order valence-corrected chi connectivity index (χ2v) is 5.09. The van der Waals surface area contributed by atoms with Crippen LogP contribution in [0.4, 0.5) is 5.69 Å². The van der Waals surface area contributed by atoms with Gasteiger partial charge >= 0.3 is 0 Å². The first kappa shape index (κ1) is 12.2. The third-order valence-corrected chi connectivity index (χ3v) is 3.30. The molecule has 0 aliphatic rings. The molecule has 2 N–H and O–H groups in total. The molecule has 84 valence electrons. The summed E-state index contributed by atoms with van der Waals surface area (Å²) in [6.07, 6.45) is 2.69. The lowest BCUT2D eigenvalue weighted by Gasteiger charge is -2.23. The van der Waals surface area contributed by atoms with Gasteiger partial charge in [-0.3, -0.25) is 4.79 Å². The fourth-order valence-electron chi connectivity index (χ4n) is 0.966. The monoisotopic (exact) mass is 273 g/mol. The maximum atomic E-state index is 11.2. The van der Waals surface area contributed by atoms with E-state index in [-0.39, 0.29) is 11.0 Å². The third kappa shape index (κ3) is 3.34. The van der Waals surface area contributed by atoms with Crippen LogP contribution in [0.5, 0.6) is 0 Å². The molecule has 0 fully saturated rings. The number of hydrogen-bond donors (Lipinski definition) is 2. The molecule has 0 bridgehead atoms. The molecule has 1 heterocycles. The van der Waals surface area contributed by atoms with Crippen LogP contribution >= 0.6 is 15.9 Å². The summed E-state index contributed by atoms with van der Waals surface area (Å²) in [5.74, 6) is 0. The molecule has 4 nitrogen and oxygen atoms in total. The minimum Gasteiger partial charge on any atom is -0.382 e. The first-order chi connectivity index (χ1) is 6.96. The number of H-pyrrole nitrogens is 1. The Labute approximate surface area is 97.6 Å². The Bertz CT molecular complexity index is 386. The summed E-state index contributed by atoms with van der Waals surface area (Å²) in [7, 11) is 0.